The van der Waals surface area contributed by atoms with Gasteiger partial charge in [-0.2, -0.15) is 4.31 Å². The first kappa shape index (κ1) is 20.0. The molecule has 1 saturated heterocycles. The second-order valence-electron chi connectivity index (χ2n) is 5.69. The number of hydrogen-bond acceptors (Lipinski definition) is 4. The van der Waals surface area contributed by atoms with Gasteiger partial charge in [-0.05, 0) is 37.9 Å². The van der Waals surface area contributed by atoms with E-state index in [1.165, 1.54) is 21.1 Å². The van der Waals surface area contributed by atoms with Crippen molar-refractivity contribution in [3.63, 3.8) is 0 Å². The number of piperidine rings is 1. The van der Waals surface area contributed by atoms with E-state index in [4.69, 9.17) is 5.73 Å². The third-order valence-corrected chi connectivity index (χ3v) is 5.99. The van der Waals surface area contributed by atoms with Crippen LogP contribution in [-0.2, 0) is 17.1 Å². The van der Waals surface area contributed by atoms with Gasteiger partial charge in [0.15, 0.2) is 0 Å². The van der Waals surface area contributed by atoms with Crippen molar-refractivity contribution in [3.8, 4) is 0 Å². The number of rotatable bonds is 6. The first-order chi connectivity index (χ1) is 10.4. The van der Waals surface area contributed by atoms with Gasteiger partial charge in [-0.1, -0.05) is 6.92 Å². The molecule has 0 unspecified atom stereocenters. The van der Waals surface area contributed by atoms with Crippen LogP contribution in [0.1, 0.15) is 30.3 Å². The molecule has 132 valence electrons. The lowest BCUT2D eigenvalue weighted by Gasteiger charge is -2.31. The van der Waals surface area contributed by atoms with E-state index in [-0.39, 0.29) is 23.0 Å². The maximum Gasteiger partial charge on any atom is 0.265 e. The Balaban J connectivity index is 0.00000264. The number of nitrogens with zero attached hydrogens (tertiary/aromatic N) is 2. The second kappa shape index (κ2) is 8.14. The molecular weight excluding hydrogens is 340 g/mol. The summed E-state index contributed by atoms with van der Waals surface area (Å²) in [6.45, 7) is 4.95. The Kier molecular flexibility index (Phi) is 7.06. The topological polar surface area (TPSA) is 97.4 Å². The Bertz CT molecular complexity index is 636. The summed E-state index contributed by atoms with van der Waals surface area (Å²) < 4.78 is 28.2. The minimum atomic E-state index is -3.56. The molecule has 1 aliphatic rings. The predicted octanol–water partition coefficient (Wildman–Crippen LogP) is 0.556. The molecule has 23 heavy (non-hydrogen) atoms. The number of carbonyl (C=O) groups excluding carboxylic acids is 1. The Labute approximate surface area is 143 Å². The fraction of sp³-hybridized carbons (Fsp3) is 0.643. The van der Waals surface area contributed by atoms with E-state index < -0.39 is 15.9 Å². The lowest BCUT2D eigenvalue weighted by atomic mass is 9.98. The number of hydrogen-bond donors (Lipinski definition) is 2. The minimum absolute atomic E-state index is 0. The first-order valence-corrected chi connectivity index (χ1v) is 8.97. The van der Waals surface area contributed by atoms with E-state index in [1.807, 2.05) is 0 Å². The monoisotopic (exact) mass is 364 g/mol. The quantitative estimate of drug-likeness (QED) is 0.770. The fourth-order valence-corrected chi connectivity index (χ4v) is 4.31. The minimum Gasteiger partial charge on any atom is -0.364 e. The molecule has 1 amide bonds. The van der Waals surface area contributed by atoms with Crippen LogP contribution in [0, 0.1) is 5.92 Å². The van der Waals surface area contributed by atoms with Crippen LogP contribution in [0.5, 0.6) is 0 Å². The van der Waals surface area contributed by atoms with Crippen LogP contribution >= 0.6 is 12.4 Å². The third kappa shape index (κ3) is 4.47. The summed E-state index contributed by atoms with van der Waals surface area (Å²) in [6.07, 6.45) is 3.14. The molecule has 1 aliphatic heterocycles. The normalized spacial score (nSPS) is 17.0. The van der Waals surface area contributed by atoms with Crippen LogP contribution in [0.2, 0.25) is 0 Å². The van der Waals surface area contributed by atoms with Crippen molar-refractivity contribution in [2.24, 2.45) is 18.7 Å². The van der Waals surface area contributed by atoms with Crippen LogP contribution in [-0.4, -0.2) is 49.4 Å². The van der Waals surface area contributed by atoms with Crippen molar-refractivity contribution in [1.82, 2.24) is 14.2 Å². The number of halogens is 1. The zero-order valence-electron chi connectivity index (χ0n) is 13.5. The molecule has 0 atom stereocenters. The molecule has 7 nitrogen and oxygen atoms in total. The van der Waals surface area contributed by atoms with Gasteiger partial charge in [0.1, 0.15) is 10.6 Å². The number of primary amides is 1. The number of aryl methyl sites for hydroxylation is 1. The Morgan fingerprint density at radius 3 is 2.48 bits per heavy atom. The predicted molar refractivity (Wildman–Crippen MR) is 91.2 cm³/mol. The third-order valence-electron chi connectivity index (χ3n) is 4.13. The second-order valence-corrected chi connectivity index (χ2v) is 7.63. The van der Waals surface area contributed by atoms with Gasteiger partial charge in [0.2, 0.25) is 10.0 Å². The number of amides is 1. The summed E-state index contributed by atoms with van der Waals surface area (Å²) in [4.78, 5) is 11.4. The van der Waals surface area contributed by atoms with Gasteiger partial charge >= 0.3 is 0 Å². The number of carbonyl (C=O) groups is 1. The number of sulfonamides is 1. The highest BCUT2D eigenvalue weighted by atomic mass is 35.5. The Morgan fingerprint density at radius 1 is 1.39 bits per heavy atom. The molecular formula is C14H25ClN4O3S. The number of aromatic nitrogens is 1. The molecule has 2 heterocycles. The molecule has 0 aliphatic carbocycles. The van der Waals surface area contributed by atoms with Gasteiger partial charge in [0, 0.05) is 26.3 Å². The number of nitrogens with two attached hydrogens (primary N) is 1. The zero-order chi connectivity index (χ0) is 16.3. The van der Waals surface area contributed by atoms with Crippen LogP contribution in [0.4, 0.5) is 0 Å². The molecule has 0 spiro atoms. The van der Waals surface area contributed by atoms with Crippen LogP contribution in [0.25, 0.3) is 0 Å². The summed E-state index contributed by atoms with van der Waals surface area (Å²) in [5.41, 5.74) is 5.43. The molecule has 0 aromatic carbocycles. The summed E-state index contributed by atoms with van der Waals surface area (Å²) in [6, 6.07) is 1.35. The Morgan fingerprint density at radius 2 is 2.00 bits per heavy atom. The van der Waals surface area contributed by atoms with Gasteiger partial charge in [-0.3, -0.25) is 4.79 Å². The van der Waals surface area contributed by atoms with Crippen molar-refractivity contribution in [2.75, 3.05) is 26.2 Å². The molecule has 2 rings (SSSR count). The molecule has 1 aromatic heterocycles. The van der Waals surface area contributed by atoms with Crippen molar-refractivity contribution >= 4 is 28.3 Å². The summed E-state index contributed by atoms with van der Waals surface area (Å²) in [5.74, 6) is -0.114. The van der Waals surface area contributed by atoms with Crippen molar-refractivity contribution < 1.29 is 13.2 Å². The summed E-state index contributed by atoms with van der Waals surface area (Å²) in [5, 5.41) is 3.30. The average molecular weight is 365 g/mol. The van der Waals surface area contributed by atoms with E-state index >= 15 is 0 Å². The fourth-order valence-electron chi connectivity index (χ4n) is 2.77. The molecule has 9 heteroatoms. The van der Waals surface area contributed by atoms with E-state index in [0.717, 1.165) is 25.9 Å². The molecule has 0 bridgehead atoms. The van der Waals surface area contributed by atoms with Crippen LogP contribution in [0.3, 0.4) is 0 Å². The summed E-state index contributed by atoms with van der Waals surface area (Å²) in [7, 11) is -1.94. The van der Waals surface area contributed by atoms with Gasteiger partial charge < -0.3 is 15.6 Å². The highest BCUT2D eigenvalue weighted by Crippen LogP contribution is 2.24. The van der Waals surface area contributed by atoms with E-state index in [0.29, 0.717) is 19.0 Å². The van der Waals surface area contributed by atoms with Crippen LogP contribution < -0.4 is 11.1 Å². The van der Waals surface area contributed by atoms with E-state index in [2.05, 4.69) is 12.2 Å². The zero-order valence-corrected chi connectivity index (χ0v) is 15.1. The molecule has 1 fully saturated rings. The van der Waals surface area contributed by atoms with Gasteiger partial charge in [-0.15, -0.1) is 12.4 Å². The number of nitrogens with one attached hydrogen (secondary N) is 1. The van der Waals surface area contributed by atoms with E-state index in [1.54, 1.807) is 7.05 Å². The smallest absolute Gasteiger partial charge is 0.265 e. The highest BCUT2D eigenvalue weighted by molar-refractivity contribution is 7.89. The molecule has 0 radical (unpaired) electrons. The lowest BCUT2D eigenvalue weighted by molar-refractivity contribution is 0.0992. The van der Waals surface area contributed by atoms with Gasteiger partial charge in [-0.25, -0.2) is 8.42 Å². The highest BCUT2D eigenvalue weighted by Gasteiger charge is 2.30. The SMILES string of the molecule is CCNCC1CCN(S(=O)(=O)c2cc(C(N)=O)n(C)c2)CC1.Cl. The van der Waals surface area contributed by atoms with Crippen molar-refractivity contribution in [3.05, 3.63) is 18.0 Å². The molecule has 1 aromatic rings. The Hall–Kier alpha value is -1.09. The molecule has 0 saturated carbocycles. The standard InChI is InChI=1S/C14H24N4O3S.ClH/c1-3-16-9-11-4-6-18(7-5-11)22(20,21)12-8-13(14(15)19)17(2)10-12;/h8,10-11,16H,3-7,9H2,1-2H3,(H2,15,19);1H. The lowest BCUT2D eigenvalue weighted by Crippen LogP contribution is -2.40. The van der Waals surface area contributed by atoms with Crippen molar-refractivity contribution in [2.45, 2.75) is 24.7 Å². The summed E-state index contributed by atoms with van der Waals surface area (Å²) >= 11 is 0. The molecule has 3 N–H and O–H groups in total. The first-order valence-electron chi connectivity index (χ1n) is 7.53. The van der Waals surface area contributed by atoms with Crippen LogP contribution in [0.15, 0.2) is 17.2 Å². The maximum atomic E-state index is 12.6. The van der Waals surface area contributed by atoms with E-state index in [9.17, 15) is 13.2 Å². The average Bonchev–Trinajstić information content (AvgIpc) is 2.88. The largest absolute Gasteiger partial charge is 0.364 e. The maximum absolute atomic E-state index is 12.6. The van der Waals surface area contributed by atoms with Crippen molar-refractivity contribution in [1.29, 1.82) is 0 Å². The van der Waals surface area contributed by atoms with Gasteiger partial charge in [0.25, 0.3) is 5.91 Å². The van der Waals surface area contributed by atoms with Gasteiger partial charge in [0.05, 0.1) is 0 Å².